The topological polar surface area (TPSA) is 35.8 Å². The predicted octanol–water partition coefficient (Wildman–Crippen LogP) is 3.61. The molecule has 0 bridgehead atoms. The Labute approximate surface area is 109 Å². The molecule has 0 aliphatic heterocycles. The number of nitrogens with one attached hydrogen (secondary N) is 1. The number of nitriles is 1. The van der Waals surface area contributed by atoms with Crippen LogP contribution in [0, 0.1) is 23.1 Å². The van der Waals surface area contributed by atoms with Crippen molar-refractivity contribution in [2.75, 3.05) is 0 Å². The van der Waals surface area contributed by atoms with Crippen LogP contribution >= 0.6 is 0 Å². The maximum absolute atomic E-state index is 13.8. The fraction of sp³-hybridized carbons (Fsp3) is 0.533. The average molecular weight is 248 g/mol. The zero-order valence-corrected chi connectivity index (χ0v) is 11.3. The Morgan fingerprint density at radius 1 is 1.28 bits per heavy atom. The molecule has 0 fully saturated rings. The minimum absolute atomic E-state index is 0.115. The highest BCUT2D eigenvalue weighted by Crippen LogP contribution is 2.13. The van der Waals surface area contributed by atoms with Gasteiger partial charge in [0.2, 0.25) is 0 Å². The lowest BCUT2D eigenvalue weighted by atomic mass is 10.0. The lowest BCUT2D eigenvalue weighted by Gasteiger charge is -2.15. The van der Waals surface area contributed by atoms with Gasteiger partial charge in [-0.05, 0) is 31.7 Å². The molecule has 1 aromatic rings. The SMILES string of the molecule is CC(C)CCC(C)NCc1cccc(C#N)c1F. The van der Waals surface area contributed by atoms with Gasteiger partial charge in [0.25, 0.3) is 0 Å². The number of rotatable bonds is 6. The summed E-state index contributed by atoms with van der Waals surface area (Å²) in [4.78, 5) is 0. The van der Waals surface area contributed by atoms with Gasteiger partial charge in [-0.15, -0.1) is 0 Å². The smallest absolute Gasteiger partial charge is 0.145 e. The summed E-state index contributed by atoms with van der Waals surface area (Å²) in [5.41, 5.74) is 0.676. The predicted molar refractivity (Wildman–Crippen MR) is 71.5 cm³/mol. The Morgan fingerprint density at radius 2 is 2.00 bits per heavy atom. The molecular formula is C15H21FN2. The summed E-state index contributed by atoms with van der Waals surface area (Å²) in [7, 11) is 0. The van der Waals surface area contributed by atoms with E-state index in [1.165, 1.54) is 6.07 Å². The van der Waals surface area contributed by atoms with Crippen LogP contribution in [0.4, 0.5) is 4.39 Å². The van der Waals surface area contributed by atoms with Crippen LogP contribution < -0.4 is 5.32 Å². The molecule has 0 saturated carbocycles. The molecule has 0 heterocycles. The molecule has 98 valence electrons. The molecule has 0 aromatic heterocycles. The van der Waals surface area contributed by atoms with Crippen LogP contribution in [0.15, 0.2) is 18.2 Å². The molecule has 1 aromatic carbocycles. The monoisotopic (exact) mass is 248 g/mol. The Morgan fingerprint density at radius 3 is 2.61 bits per heavy atom. The van der Waals surface area contributed by atoms with Crippen LogP contribution in [0.2, 0.25) is 0 Å². The van der Waals surface area contributed by atoms with Gasteiger partial charge in [0.1, 0.15) is 11.9 Å². The molecule has 1 N–H and O–H groups in total. The second-order valence-corrected chi connectivity index (χ2v) is 5.14. The zero-order valence-electron chi connectivity index (χ0n) is 11.3. The Balaban J connectivity index is 2.51. The third-order valence-electron chi connectivity index (χ3n) is 3.02. The number of nitrogens with zero attached hydrogens (tertiary/aromatic N) is 1. The first-order valence-corrected chi connectivity index (χ1v) is 6.45. The summed E-state index contributed by atoms with van der Waals surface area (Å²) in [6.45, 7) is 6.97. The van der Waals surface area contributed by atoms with Crippen molar-refractivity contribution in [2.45, 2.75) is 46.2 Å². The lowest BCUT2D eigenvalue weighted by Crippen LogP contribution is -2.26. The van der Waals surface area contributed by atoms with E-state index >= 15 is 0 Å². The molecule has 3 heteroatoms. The molecule has 0 aliphatic rings. The van der Waals surface area contributed by atoms with E-state index in [1.54, 1.807) is 12.1 Å². The van der Waals surface area contributed by atoms with Crippen molar-refractivity contribution in [3.05, 3.63) is 35.1 Å². The van der Waals surface area contributed by atoms with Crippen LogP contribution in [0.3, 0.4) is 0 Å². The first-order chi connectivity index (χ1) is 8.54. The Bertz CT molecular complexity index is 421. The molecule has 0 amide bonds. The zero-order chi connectivity index (χ0) is 13.5. The van der Waals surface area contributed by atoms with Crippen molar-refractivity contribution in [1.29, 1.82) is 5.26 Å². The van der Waals surface area contributed by atoms with Crippen molar-refractivity contribution in [3.8, 4) is 6.07 Å². The summed E-state index contributed by atoms with van der Waals surface area (Å²) >= 11 is 0. The fourth-order valence-corrected chi connectivity index (χ4v) is 1.77. The standard InChI is InChI=1S/C15H21FN2/c1-11(2)7-8-12(3)18-10-14-6-4-5-13(9-17)15(14)16/h4-6,11-12,18H,7-8,10H2,1-3H3. The molecule has 0 saturated heterocycles. The molecule has 0 radical (unpaired) electrons. The highest BCUT2D eigenvalue weighted by molar-refractivity contribution is 5.34. The molecule has 0 spiro atoms. The van der Waals surface area contributed by atoms with E-state index in [1.807, 2.05) is 6.07 Å². The average Bonchev–Trinajstić information content (AvgIpc) is 2.35. The Hall–Kier alpha value is -1.40. The quantitative estimate of drug-likeness (QED) is 0.834. The van der Waals surface area contributed by atoms with E-state index in [9.17, 15) is 4.39 Å². The molecule has 1 atom stereocenters. The molecular weight excluding hydrogens is 227 g/mol. The summed E-state index contributed by atoms with van der Waals surface area (Å²) in [6.07, 6.45) is 2.24. The minimum Gasteiger partial charge on any atom is -0.310 e. The van der Waals surface area contributed by atoms with Gasteiger partial charge in [0, 0.05) is 18.2 Å². The Kier molecular flexibility index (Phi) is 5.80. The first kappa shape index (κ1) is 14.7. The first-order valence-electron chi connectivity index (χ1n) is 6.45. The maximum Gasteiger partial charge on any atom is 0.145 e. The van der Waals surface area contributed by atoms with E-state index in [0.717, 1.165) is 12.8 Å². The van der Waals surface area contributed by atoms with Crippen LogP contribution in [0.1, 0.15) is 44.7 Å². The van der Waals surface area contributed by atoms with Crippen molar-refractivity contribution in [2.24, 2.45) is 5.92 Å². The van der Waals surface area contributed by atoms with Gasteiger partial charge in [-0.25, -0.2) is 4.39 Å². The van der Waals surface area contributed by atoms with E-state index in [0.29, 0.717) is 24.1 Å². The van der Waals surface area contributed by atoms with Crippen molar-refractivity contribution in [3.63, 3.8) is 0 Å². The van der Waals surface area contributed by atoms with Crippen molar-refractivity contribution < 1.29 is 4.39 Å². The van der Waals surface area contributed by atoms with Crippen LogP contribution in [0.25, 0.3) is 0 Å². The normalized spacial score (nSPS) is 12.4. The molecule has 1 unspecified atom stereocenters. The van der Waals surface area contributed by atoms with Gasteiger partial charge in [-0.3, -0.25) is 0 Å². The number of halogens is 1. The van der Waals surface area contributed by atoms with Gasteiger partial charge in [-0.1, -0.05) is 26.0 Å². The number of hydrogen-bond donors (Lipinski definition) is 1. The minimum atomic E-state index is -0.399. The van der Waals surface area contributed by atoms with Gasteiger partial charge < -0.3 is 5.32 Å². The van der Waals surface area contributed by atoms with E-state index in [-0.39, 0.29) is 5.56 Å². The molecule has 1 rings (SSSR count). The molecule has 2 nitrogen and oxygen atoms in total. The maximum atomic E-state index is 13.8. The third kappa shape index (κ3) is 4.46. The van der Waals surface area contributed by atoms with Crippen LogP contribution in [-0.4, -0.2) is 6.04 Å². The summed E-state index contributed by atoms with van der Waals surface area (Å²) in [5, 5.41) is 12.1. The largest absolute Gasteiger partial charge is 0.310 e. The summed E-state index contributed by atoms with van der Waals surface area (Å²) in [5.74, 6) is 0.288. The number of benzene rings is 1. The van der Waals surface area contributed by atoms with E-state index in [4.69, 9.17) is 5.26 Å². The van der Waals surface area contributed by atoms with Crippen molar-refractivity contribution in [1.82, 2.24) is 5.32 Å². The van der Waals surface area contributed by atoms with E-state index in [2.05, 4.69) is 26.1 Å². The highest BCUT2D eigenvalue weighted by atomic mass is 19.1. The van der Waals surface area contributed by atoms with Gasteiger partial charge >= 0.3 is 0 Å². The van der Waals surface area contributed by atoms with Gasteiger partial charge in [-0.2, -0.15) is 5.26 Å². The van der Waals surface area contributed by atoms with Crippen LogP contribution in [-0.2, 0) is 6.54 Å². The second-order valence-electron chi connectivity index (χ2n) is 5.14. The molecule has 18 heavy (non-hydrogen) atoms. The van der Waals surface area contributed by atoms with Gasteiger partial charge in [0.05, 0.1) is 5.56 Å². The van der Waals surface area contributed by atoms with Crippen molar-refractivity contribution >= 4 is 0 Å². The van der Waals surface area contributed by atoms with Crippen LogP contribution in [0.5, 0.6) is 0 Å². The summed E-state index contributed by atoms with van der Waals surface area (Å²) in [6, 6.07) is 7.16. The fourth-order valence-electron chi connectivity index (χ4n) is 1.77. The second kappa shape index (κ2) is 7.13. The summed E-state index contributed by atoms with van der Waals surface area (Å²) < 4.78 is 13.8. The lowest BCUT2D eigenvalue weighted by molar-refractivity contribution is 0.446. The number of hydrogen-bond acceptors (Lipinski definition) is 2. The highest BCUT2D eigenvalue weighted by Gasteiger charge is 2.09. The van der Waals surface area contributed by atoms with E-state index < -0.39 is 5.82 Å². The van der Waals surface area contributed by atoms with Gasteiger partial charge in [0.15, 0.2) is 0 Å². The third-order valence-corrected chi connectivity index (χ3v) is 3.02. The molecule has 0 aliphatic carbocycles.